The molecular formula is C21H17FN2O4S. The smallest absolute Gasteiger partial charge is 0.175 e. The molecule has 29 heavy (non-hydrogen) atoms. The third-order valence-electron chi connectivity index (χ3n) is 4.34. The standard InChI is InChI=1S/C21H17FN2O4S/c1-27-19-5-4-14(7-18(19)22)17-8-16(29(3,25)26)9-20(28-2)21(17)15-6-13(10-23)11-24-12-15/h4-9,11-12H,1-3H3. The predicted octanol–water partition coefficient (Wildman–Crippen LogP) is 3.85. The van der Waals surface area contributed by atoms with Gasteiger partial charge < -0.3 is 9.47 Å². The van der Waals surface area contributed by atoms with Crippen LogP contribution in [0.1, 0.15) is 5.56 Å². The molecule has 2 aromatic carbocycles. The van der Waals surface area contributed by atoms with Gasteiger partial charge in [-0.1, -0.05) is 6.07 Å². The van der Waals surface area contributed by atoms with Gasteiger partial charge in [0.15, 0.2) is 21.4 Å². The number of rotatable bonds is 5. The van der Waals surface area contributed by atoms with Gasteiger partial charge in [-0.3, -0.25) is 4.98 Å². The molecule has 0 spiro atoms. The van der Waals surface area contributed by atoms with E-state index in [0.717, 1.165) is 6.26 Å². The summed E-state index contributed by atoms with van der Waals surface area (Å²) >= 11 is 0. The zero-order valence-electron chi connectivity index (χ0n) is 15.9. The minimum atomic E-state index is -3.57. The predicted molar refractivity (Wildman–Crippen MR) is 106 cm³/mol. The summed E-state index contributed by atoms with van der Waals surface area (Å²) in [5.74, 6) is -0.269. The van der Waals surface area contributed by atoms with Crippen molar-refractivity contribution in [3.63, 3.8) is 0 Å². The Morgan fingerprint density at radius 1 is 1.00 bits per heavy atom. The molecule has 0 N–H and O–H groups in total. The van der Waals surface area contributed by atoms with Gasteiger partial charge in [-0.15, -0.1) is 0 Å². The Hall–Kier alpha value is -3.44. The maximum Gasteiger partial charge on any atom is 0.175 e. The van der Waals surface area contributed by atoms with Crippen LogP contribution in [0.25, 0.3) is 22.3 Å². The highest BCUT2D eigenvalue weighted by molar-refractivity contribution is 7.90. The maximum atomic E-state index is 14.4. The Bertz CT molecular complexity index is 1230. The lowest BCUT2D eigenvalue weighted by molar-refractivity contribution is 0.386. The minimum absolute atomic E-state index is 0.0220. The summed E-state index contributed by atoms with van der Waals surface area (Å²) in [6.07, 6.45) is 4.02. The summed E-state index contributed by atoms with van der Waals surface area (Å²) in [4.78, 5) is 4.09. The van der Waals surface area contributed by atoms with Crippen molar-refractivity contribution in [3.8, 4) is 39.8 Å². The SMILES string of the molecule is COc1ccc(-c2cc(S(C)(=O)=O)cc(OC)c2-c2cncc(C#N)c2)cc1F. The molecule has 0 atom stereocenters. The first kappa shape index (κ1) is 20.3. The molecule has 0 aliphatic rings. The number of nitriles is 1. The van der Waals surface area contributed by atoms with Gasteiger partial charge in [0.1, 0.15) is 11.8 Å². The Labute approximate surface area is 168 Å². The average Bonchev–Trinajstić information content (AvgIpc) is 2.72. The fraction of sp³-hybridized carbons (Fsp3) is 0.143. The van der Waals surface area contributed by atoms with Crippen LogP contribution >= 0.6 is 0 Å². The number of hydrogen-bond donors (Lipinski definition) is 0. The number of sulfone groups is 1. The third-order valence-corrected chi connectivity index (χ3v) is 5.43. The number of benzene rings is 2. The van der Waals surface area contributed by atoms with E-state index in [4.69, 9.17) is 9.47 Å². The highest BCUT2D eigenvalue weighted by Crippen LogP contribution is 2.42. The summed E-state index contributed by atoms with van der Waals surface area (Å²) in [5.41, 5.74) is 2.19. The second kappa shape index (κ2) is 7.89. The number of methoxy groups -OCH3 is 2. The van der Waals surface area contributed by atoms with Crippen molar-refractivity contribution < 1.29 is 22.3 Å². The molecule has 6 nitrogen and oxygen atoms in total. The fourth-order valence-corrected chi connectivity index (χ4v) is 3.62. The van der Waals surface area contributed by atoms with E-state index in [9.17, 15) is 18.1 Å². The van der Waals surface area contributed by atoms with Gasteiger partial charge in [-0.05, 0) is 41.5 Å². The second-order valence-corrected chi connectivity index (χ2v) is 8.26. The van der Waals surface area contributed by atoms with Crippen LogP contribution in [0.15, 0.2) is 53.7 Å². The quantitative estimate of drug-likeness (QED) is 0.632. The summed E-state index contributed by atoms with van der Waals surface area (Å²) in [7, 11) is -0.802. The molecule has 1 heterocycles. The van der Waals surface area contributed by atoms with Gasteiger partial charge >= 0.3 is 0 Å². The van der Waals surface area contributed by atoms with E-state index >= 15 is 0 Å². The Morgan fingerprint density at radius 3 is 2.31 bits per heavy atom. The number of ether oxygens (including phenoxy) is 2. The van der Waals surface area contributed by atoms with E-state index < -0.39 is 15.7 Å². The van der Waals surface area contributed by atoms with Crippen LogP contribution in [-0.2, 0) is 9.84 Å². The Morgan fingerprint density at radius 2 is 1.72 bits per heavy atom. The topological polar surface area (TPSA) is 89.3 Å². The molecule has 0 saturated carbocycles. The van der Waals surface area contributed by atoms with Crippen molar-refractivity contribution in [1.82, 2.24) is 4.98 Å². The highest BCUT2D eigenvalue weighted by atomic mass is 32.2. The maximum absolute atomic E-state index is 14.4. The first-order chi connectivity index (χ1) is 13.8. The van der Waals surface area contributed by atoms with E-state index in [1.54, 1.807) is 12.1 Å². The van der Waals surface area contributed by atoms with Crippen molar-refractivity contribution in [3.05, 3.63) is 60.2 Å². The van der Waals surface area contributed by atoms with E-state index in [2.05, 4.69) is 4.98 Å². The summed E-state index contributed by atoms with van der Waals surface area (Å²) < 4.78 is 49.2. The van der Waals surface area contributed by atoms with Crippen molar-refractivity contribution >= 4 is 9.84 Å². The van der Waals surface area contributed by atoms with Gasteiger partial charge in [0, 0.05) is 29.8 Å². The molecule has 0 radical (unpaired) electrons. The number of aromatic nitrogens is 1. The zero-order chi connectivity index (χ0) is 21.2. The molecule has 0 saturated heterocycles. The number of nitrogens with zero attached hydrogens (tertiary/aromatic N) is 2. The molecule has 148 valence electrons. The molecule has 3 aromatic rings. The van der Waals surface area contributed by atoms with Crippen molar-refractivity contribution in [2.45, 2.75) is 4.90 Å². The van der Waals surface area contributed by atoms with Gasteiger partial charge in [0.25, 0.3) is 0 Å². The molecular weight excluding hydrogens is 395 g/mol. The third kappa shape index (κ3) is 4.05. The Balaban J connectivity index is 2.40. The molecule has 0 aliphatic carbocycles. The fourth-order valence-electron chi connectivity index (χ4n) is 2.96. The van der Waals surface area contributed by atoms with Crippen LogP contribution in [-0.4, -0.2) is 33.9 Å². The summed E-state index contributed by atoms with van der Waals surface area (Å²) in [6.45, 7) is 0. The van der Waals surface area contributed by atoms with Crippen LogP contribution in [0.2, 0.25) is 0 Å². The van der Waals surface area contributed by atoms with Crippen molar-refractivity contribution in [1.29, 1.82) is 5.26 Å². The number of halogens is 1. The monoisotopic (exact) mass is 412 g/mol. The molecule has 0 aliphatic heterocycles. The first-order valence-corrected chi connectivity index (χ1v) is 10.3. The van der Waals surface area contributed by atoms with E-state index in [1.807, 2.05) is 6.07 Å². The highest BCUT2D eigenvalue weighted by Gasteiger charge is 2.20. The lowest BCUT2D eigenvalue weighted by atomic mass is 9.93. The molecule has 3 rings (SSSR count). The minimum Gasteiger partial charge on any atom is -0.496 e. The van der Waals surface area contributed by atoms with Gasteiger partial charge in [-0.2, -0.15) is 5.26 Å². The van der Waals surface area contributed by atoms with Crippen LogP contribution in [0.4, 0.5) is 4.39 Å². The van der Waals surface area contributed by atoms with Crippen molar-refractivity contribution in [2.24, 2.45) is 0 Å². The molecule has 0 unspecified atom stereocenters. The molecule has 0 bridgehead atoms. The number of pyridine rings is 1. The van der Waals surface area contributed by atoms with Gasteiger partial charge in [0.05, 0.1) is 24.7 Å². The second-order valence-electron chi connectivity index (χ2n) is 6.24. The lowest BCUT2D eigenvalue weighted by Crippen LogP contribution is -2.01. The molecule has 0 amide bonds. The molecule has 0 fully saturated rings. The summed E-state index contributed by atoms with van der Waals surface area (Å²) in [6, 6.07) is 10.8. The van der Waals surface area contributed by atoms with Crippen LogP contribution in [0, 0.1) is 17.1 Å². The largest absolute Gasteiger partial charge is 0.496 e. The van der Waals surface area contributed by atoms with E-state index in [-0.39, 0.29) is 16.4 Å². The van der Waals surface area contributed by atoms with Crippen LogP contribution in [0.5, 0.6) is 11.5 Å². The van der Waals surface area contributed by atoms with Crippen LogP contribution in [0.3, 0.4) is 0 Å². The Kier molecular flexibility index (Phi) is 5.52. The van der Waals surface area contributed by atoms with Gasteiger partial charge in [-0.25, -0.2) is 12.8 Å². The first-order valence-electron chi connectivity index (χ1n) is 8.40. The van der Waals surface area contributed by atoms with Crippen LogP contribution < -0.4 is 9.47 Å². The molecule has 8 heteroatoms. The zero-order valence-corrected chi connectivity index (χ0v) is 16.7. The van der Waals surface area contributed by atoms with Crippen molar-refractivity contribution in [2.75, 3.05) is 20.5 Å². The average molecular weight is 412 g/mol. The lowest BCUT2D eigenvalue weighted by Gasteiger charge is -2.17. The van der Waals surface area contributed by atoms with E-state index in [0.29, 0.717) is 27.8 Å². The number of hydrogen-bond acceptors (Lipinski definition) is 6. The normalized spacial score (nSPS) is 11.0. The summed E-state index contributed by atoms with van der Waals surface area (Å²) in [5, 5.41) is 9.20. The van der Waals surface area contributed by atoms with Gasteiger partial charge in [0.2, 0.25) is 0 Å². The molecule has 1 aromatic heterocycles. The van der Waals surface area contributed by atoms with E-state index in [1.165, 1.54) is 50.9 Å².